The van der Waals surface area contributed by atoms with Crippen molar-refractivity contribution in [2.45, 2.75) is 19.3 Å². The van der Waals surface area contributed by atoms with Crippen molar-refractivity contribution in [3.8, 4) is 0 Å². The zero-order valence-electron chi connectivity index (χ0n) is 8.25. The van der Waals surface area contributed by atoms with E-state index >= 15 is 0 Å². The van der Waals surface area contributed by atoms with E-state index in [-0.39, 0.29) is 6.42 Å². The number of rotatable bonds is 3. The highest BCUT2D eigenvalue weighted by atomic mass is 32.2. The van der Waals surface area contributed by atoms with Crippen molar-refractivity contribution in [2.24, 2.45) is 0 Å². The van der Waals surface area contributed by atoms with Crippen molar-refractivity contribution in [3.63, 3.8) is 0 Å². The van der Waals surface area contributed by atoms with Crippen molar-refractivity contribution in [3.05, 3.63) is 11.6 Å². The molecule has 80 valence electrons. The fourth-order valence-electron chi connectivity index (χ4n) is 1.34. The Labute approximate surface area is 84.3 Å². The SMILES string of the molecule is CS(=O)(=O)C(=O)CCC1=CCNCC1. The van der Waals surface area contributed by atoms with Gasteiger partial charge in [0.25, 0.3) is 0 Å². The van der Waals surface area contributed by atoms with Crippen molar-refractivity contribution < 1.29 is 13.2 Å². The van der Waals surface area contributed by atoms with E-state index in [1.165, 1.54) is 5.57 Å². The van der Waals surface area contributed by atoms with E-state index in [1.54, 1.807) is 0 Å². The molecule has 0 fully saturated rings. The van der Waals surface area contributed by atoms with Gasteiger partial charge in [-0.2, -0.15) is 0 Å². The molecule has 0 spiro atoms. The maximum atomic E-state index is 11.1. The van der Waals surface area contributed by atoms with Crippen LogP contribution in [0, 0.1) is 0 Å². The highest BCUT2D eigenvalue weighted by Gasteiger charge is 2.15. The summed E-state index contributed by atoms with van der Waals surface area (Å²) >= 11 is 0. The normalized spacial score (nSPS) is 17.6. The van der Waals surface area contributed by atoms with Crippen LogP contribution in [0.15, 0.2) is 11.6 Å². The summed E-state index contributed by atoms with van der Waals surface area (Å²) in [7, 11) is -3.49. The largest absolute Gasteiger partial charge is 0.313 e. The maximum absolute atomic E-state index is 11.1. The molecule has 1 heterocycles. The summed E-state index contributed by atoms with van der Waals surface area (Å²) in [4.78, 5) is 11.1. The smallest absolute Gasteiger partial charge is 0.246 e. The van der Waals surface area contributed by atoms with Crippen LogP contribution in [0.1, 0.15) is 19.3 Å². The molecule has 0 atom stereocenters. The van der Waals surface area contributed by atoms with Crippen molar-refractivity contribution in [1.29, 1.82) is 0 Å². The van der Waals surface area contributed by atoms with E-state index in [1.807, 2.05) is 6.08 Å². The highest BCUT2D eigenvalue weighted by Crippen LogP contribution is 2.12. The molecule has 0 aromatic rings. The van der Waals surface area contributed by atoms with Gasteiger partial charge in [-0.25, -0.2) is 8.42 Å². The first-order valence-electron chi connectivity index (χ1n) is 4.61. The Bertz CT molecular complexity index is 343. The fourth-order valence-corrected chi connectivity index (χ4v) is 1.82. The van der Waals surface area contributed by atoms with Gasteiger partial charge in [0.1, 0.15) is 0 Å². The summed E-state index contributed by atoms with van der Waals surface area (Å²) in [5, 5.41) is 2.50. The summed E-state index contributed by atoms with van der Waals surface area (Å²) in [5.41, 5.74) is 1.18. The minimum atomic E-state index is -3.49. The van der Waals surface area contributed by atoms with Crippen LogP contribution in [0.4, 0.5) is 0 Å². The first kappa shape index (κ1) is 11.4. The lowest BCUT2D eigenvalue weighted by Gasteiger charge is -2.12. The van der Waals surface area contributed by atoms with Crippen LogP contribution in [-0.2, 0) is 14.6 Å². The van der Waals surface area contributed by atoms with Crippen LogP contribution in [0.3, 0.4) is 0 Å². The quantitative estimate of drug-likeness (QED) is 0.689. The Morgan fingerprint density at radius 2 is 2.29 bits per heavy atom. The molecule has 0 aromatic carbocycles. The Balaban J connectivity index is 2.41. The molecule has 1 aliphatic heterocycles. The molecule has 4 nitrogen and oxygen atoms in total. The van der Waals surface area contributed by atoms with E-state index in [2.05, 4.69) is 5.32 Å². The van der Waals surface area contributed by atoms with Gasteiger partial charge in [-0.3, -0.25) is 4.79 Å². The van der Waals surface area contributed by atoms with E-state index in [9.17, 15) is 13.2 Å². The standard InChI is InChI=1S/C9H15NO3S/c1-14(12,13)9(11)3-2-8-4-6-10-7-5-8/h4,10H,2-3,5-7H2,1H3. The molecule has 0 saturated carbocycles. The fraction of sp³-hybridized carbons (Fsp3) is 0.667. The number of hydrogen-bond acceptors (Lipinski definition) is 4. The zero-order valence-corrected chi connectivity index (χ0v) is 9.06. The van der Waals surface area contributed by atoms with Crippen molar-refractivity contribution in [2.75, 3.05) is 19.3 Å². The summed E-state index contributed by atoms with van der Waals surface area (Å²) < 4.78 is 21.6. The lowest BCUT2D eigenvalue weighted by molar-refractivity contribution is -0.111. The maximum Gasteiger partial charge on any atom is 0.246 e. The zero-order chi connectivity index (χ0) is 10.6. The van der Waals surface area contributed by atoms with Gasteiger partial charge >= 0.3 is 0 Å². The second-order valence-corrected chi connectivity index (χ2v) is 5.46. The minimum Gasteiger partial charge on any atom is -0.313 e. The van der Waals surface area contributed by atoms with Gasteiger partial charge in [-0.05, 0) is 19.4 Å². The van der Waals surface area contributed by atoms with Gasteiger partial charge < -0.3 is 5.32 Å². The Morgan fingerprint density at radius 1 is 1.57 bits per heavy atom. The van der Waals surface area contributed by atoms with E-state index in [4.69, 9.17) is 0 Å². The lowest BCUT2D eigenvalue weighted by atomic mass is 10.0. The van der Waals surface area contributed by atoms with Crippen LogP contribution in [0.25, 0.3) is 0 Å². The average molecular weight is 217 g/mol. The third-order valence-electron chi connectivity index (χ3n) is 2.22. The molecule has 0 bridgehead atoms. The van der Waals surface area contributed by atoms with Gasteiger partial charge in [0.05, 0.1) is 0 Å². The second-order valence-electron chi connectivity index (χ2n) is 3.46. The molecule has 0 radical (unpaired) electrons. The first-order chi connectivity index (χ1) is 6.50. The van der Waals surface area contributed by atoms with Gasteiger partial charge in [-0.15, -0.1) is 0 Å². The Kier molecular flexibility index (Phi) is 3.83. The van der Waals surface area contributed by atoms with Gasteiger partial charge in [0.15, 0.2) is 0 Å². The topological polar surface area (TPSA) is 63.2 Å². The highest BCUT2D eigenvalue weighted by molar-refractivity contribution is 8.05. The Morgan fingerprint density at radius 3 is 2.79 bits per heavy atom. The van der Waals surface area contributed by atoms with Crippen LogP contribution in [0.2, 0.25) is 0 Å². The third kappa shape index (κ3) is 3.59. The van der Waals surface area contributed by atoms with E-state index in [0.29, 0.717) is 6.42 Å². The molecule has 0 unspecified atom stereocenters. The van der Waals surface area contributed by atoms with E-state index < -0.39 is 15.0 Å². The molecular formula is C9H15NO3S. The predicted molar refractivity (Wildman–Crippen MR) is 54.7 cm³/mol. The van der Waals surface area contributed by atoms with Crippen LogP contribution in [-0.4, -0.2) is 32.9 Å². The molecule has 5 heteroatoms. The van der Waals surface area contributed by atoms with E-state index in [0.717, 1.165) is 25.8 Å². The van der Waals surface area contributed by atoms with Crippen LogP contribution >= 0.6 is 0 Å². The Hall–Kier alpha value is -0.680. The molecule has 1 aliphatic rings. The molecule has 0 aromatic heterocycles. The van der Waals surface area contributed by atoms with Gasteiger partial charge in [0.2, 0.25) is 15.0 Å². The summed E-state index contributed by atoms with van der Waals surface area (Å²) in [6, 6.07) is 0. The summed E-state index contributed by atoms with van der Waals surface area (Å²) in [6.07, 6.45) is 4.60. The predicted octanol–water partition coefficient (Wildman–Crippen LogP) is 0.257. The van der Waals surface area contributed by atoms with Crippen LogP contribution < -0.4 is 5.32 Å². The number of sulfone groups is 1. The average Bonchev–Trinajstić information content (AvgIpc) is 2.14. The number of hydrogen-bond donors (Lipinski definition) is 1. The molecule has 1 N–H and O–H groups in total. The summed E-state index contributed by atoms with van der Waals surface area (Å²) in [6.45, 7) is 1.74. The molecular weight excluding hydrogens is 202 g/mol. The van der Waals surface area contributed by atoms with Crippen molar-refractivity contribution >= 4 is 15.0 Å². The van der Waals surface area contributed by atoms with Gasteiger partial charge in [0, 0.05) is 19.2 Å². The number of carbonyl (C=O) groups excluding carboxylic acids is 1. The lowest BCUT2D eigenvalue weighted by Crippen LogP contribution is -2.21. The molecule has 0 amide bonds. The first-order valence-corrected chi connectivity index (χ1v) is 6.51. The molecule has 0 saturated heterocycles. The molecule has 1 rings (SSSR count). The summed E-state index contributed by atoms with van der Waals surface area (Å²) in [5.74, 6) is 0. The minimum absolute atomic E-state index is 0.116. The second kappa shape index (κ2) is 4.70. The molecule has 14 heavy (non-hydrogen) atoms. The number of nitrogens with one attached hydrogen (secondary N) is 1. The monoisotopic (exact) mass is 217 g/mol. The van der Waals surface area contributed by atoms with Gasteiger partial charge in [-0.1, -0.05) is 11.6 Å². The van der Waals surface area contributed by atoms with Crippen LogP contribution in [0.5, 0.6) is 0 Å². The number of carbonyl (C=O) groups is 1. The van der Waals surface area contributed by atoms with Crippen molar-refractivity contribution in [1.82, 2.24) is 5.32 Å². The molecule has 0 aliphatic carbocycles. The third-order valence-corrected chi connectivity index (χ3v) is 3.25.